The van der Waals surface area contributed by atoms with Crippen LogP contribution < -0.4 is 5.32 Å². The van der Waals surface area contributed by atoms with Crippen molar-refractivity contribution < 1.29 is 0 Å². The molecule has 90 valence electrons. The number of nitrogens with zero attached hydrogens (tertiary/aromatic N) is 1. The van der Waals surface area contributed by atoms with Crippen LogP contribution in [0.15, 0.2) is 60.7 Å². The molecular weight excluding hydrogens is 220 g/mol. The van der Waals surface area contributed by atoms with Gasteiger partial charge >= 0.3 is 0 Å². The molecule has 2 heteroatoms. The molecule has 1 N–H and O–H groups in total. The summed E-state index contributed by atoms with van der Waals surface area (Å²) in [6.07, 6.45) is 0.936. The van der Waals surface area contributed by atoms with Crippen LogP contribution >= 0.6 is 0 Å². The minimum absolute atomic E-state index is 0.227. The van der Waals surface area contributed by atoms with Gasteiger partial charge in [0.25, 0.3) is 0 Å². The molecule has 0 saturated carbocycles. The van der Waals surface area contributed by atoms with E-state index >= 15 is 0 Å². The summed E-state index contributed by atoms with van der Waals surface area (Å²) in [6, 6.07) is 22.2. The summed E-state index contributed by atoms with van der Waals surface area (Å²) in [4.78, 5) is 0. The molecule has 0 radical (unpaired) electrons. The third kappa shape index (κ3) is 3.44. The van der Waals surface area contributed by atoms with Crippen molar-refractivity contribution in [2.45, 2.75) is 12.5 Å². The molecule has 1 atom stereocenters. The SMILES string of the molecule is N#C[C@H](NCCc1ccccc1)c1ccccc1. The van der Waals surface area contributed by atoms with Gasteiger partial charge in [0.05, 0.1) is 6.07 Å². The minimum atomic E-state index is -0.227. The van der Waals surface area contributed by atoms with Crippen molar-refractivity contribution in [1.82, 2.24) is 5.32 Å². The van der Waals surface area contributed by atoms with Crippen LogP contribution in [0.5, 0.6) is 0 Å². The summed E-state index contributed by atoms with van der Waals surface area (Å²) < 4.78 is 0. The maximum absolute atomic E-state index is 9.16. The first-order chi connectivity index (χ1) is 8.90. The fourth-order valence-electron chi connectivity index (χ4n) is 1.89. The van der Waals surface area contributed by atoms with E-state index in [0.29, 0.717) is 0 Å². The highest BCUT2D eigenvalue weighted by Crippen LogP contribution is 2.11. The maximum atomic E-state index is 9.16. The number of rotatable bonds is 5. The zero-order chi connectivity index (χ0) is 12.6. The van der Waals surface area contributed by atoms with Gasteiger partial charge in [-0.2, -0.15) is 5.26 Å². The van der Waals surface area contributed by atoms with E-state index in [2.05, 4.69) is 23.5 Å². The summed E-state index contributed by atoms with van der Waals surface area (Å²) in [6.45, 7) is 0.803. The van der Waals surface area contributed by atoms with Gasteiger partial charge in [-0.15, -0.1) is 0 Å². The second-order valence-electron chi connectivity index (χ2n) is 4.16. The molecule has 0 aliphatic heterocycles. The van der Waals surface area contributed by atoms with Gasteiger partial charge in [-0.1, -0.05) is 60.7 Å². The molecule has 2 nitrogen and oxygen atoms in total. The maximum Gasteiger partial charge on any atom is 0.121 e. The summed E-state index contributed by atoms with van der Waals surface area (Å²) >= 11 is 0. The van der Waals surface area contributed by atoms with Crippen LogP contribution in [-0.4, -0.2) is 6.54 Å². The van der Waals surface area contributed by atoms with Crippen LogP contribution in [0, 0.1) is 11.3 Å². The number of nitriles is 1. The van der Waals surface area contributed by atoms with Crippen molar-refractivity contribution in [1.29, 1.82) is 5.26 Å². The van der Waals surface area contributed by atoms with E-state index in [0.717, 1.165) is 18.5 Å². The lowest BCUT2D eigenvalue weighted by atomic mass is 10.1. The Labute approximate surface area is 108 Å². The van der Waals surface area contributed by atoms with Gasteiger partial charge in [0.2, 0.25) is 0 Å². The van der Waals surface area contributed by atoms with Gasteiger partial charge < -0.3 is 0 Å². The zero-order valence-corrected chi connectivity index (χ0v) is 10.2. The molecule has 0 aliphatic rings. The Morgan fingerprint density at radius 3 is 2.17 bits per heavy atom. The molecule has 0 amide bonds. The van der Waals surface area contributed by atoms with Crippen LogP contribution in [0.3, 0.4) is 0 Å². The number of benzene rings is 2. The molecule has 0 heterocycles. The van der Waals surface area contributed by atoms with Gasteiger partial charge in [-0.05, 0) is 17.5 Å². The topological polar surface area (TPSA) is 35.8 Å². The standard InChI is InChI=1S/C16H16N2/c17-13-16(15-9-5-2-6-10-15)18-12-11-14-7-3-1-4-8-14/h1-10,16,18H,11-12H2/t16-/m0/s1. The lowest BCUT2D eigenvalue weighted by molar-refractivity contribution is 0.629. The molecule has 18 heavy (non-hydrogen) atoms. The van der Waals surface area contributed by atoms with Crippen molar-refractivity contribution >= 4 is 0 Å². The molecule has 0 aromatic heterocycles. The highest BCUT2D eigenvalue weighted by molar-refractivity contribution is 5.24. The van der Waals surface area contributed by atoms with Gasteiger partial charge in [-0.25, -0.2) is 0 Å². The normalized spacial score (nSPS) is 11.7. The summed E-state index contributed by atoms with van der Waals surface area (Å²) in [7, 11) is 0. The lowest BCUT2D eigenvalue weighted by Gasteiger charge is -2.11. The molecule has 0 bridgehead atoms. The smallest absolute Gasteiger partial charge is 0.121 e. The van der Waals surface area contributed by atoms with Crippen LogP contribution in [0.25, 0.3) is 0 Å². The number of hydrogen-bond donors (Lipinski definition) is 1. The Kier molecular flexibility index (Phi) is 4.52. The lowest BCUT2D eigenvalue weighted by Crippen LogP contribution is -2.22. The molecule has 0 aliphatic carbocycles. The predicted octanol–water partition coefficient (Wildman–Crippen LogP) is 3.08. The van der Waals surface area contributed by atoms with Crippen LogP contribution in [0.2, 0.25) is 0 Å². The summed E-state index contributed by atoms with van der Waals surface area (Å²) in [5.74, 6) is 0. The van der Waals surface area contributed by atoms with Crippen molar-refractivity contribution in [2.75, 3.05) is 6.54 Å². The largest absolute Gasteiger partial charge is 0.298 e. The third-order valence-corrected chi connectivity index (χ3v) is 2.87. The molecule has 0 spiro atoms. The molecule has 0 saturated heterocycles. The van der Waals surface area contributed by atoms with Gasteiger partial charge in [0.1, 0.15) is 6.04 Å². The quantitative estimate of drug-likeness (QED) is 0.866. The Morgan fingerprint density at radius 2 is 1.56 bits per heavy atom. The van der Waals surface area contributed by atoms with Gasteiger partial charge in [0.15, 0.2) is 0 Å². The molecule has 2 aromatic rings. The Bertz CT molecular complexity index is 500. The average Bonchev–Trinajstić information content (AvgIpc) is 2.46. The molecule has 0 unspecified atom stereocenters. The molecule has 2 aromatic carbocycles. The number of nitrogens with one attached hydrogen (secondary N) is 1. The Hall–Kier alpha value is -2.11. The van der Waals surface area contributed by atoms with E-state index < -0.39 is 0 Å². The van der Waals surface area contributed by atoms with E-state index in [1.165, 1.54) is 5.56 Å². The van der Waals surface area contributed by atoms with E-state index in [-0.39, 0.29) is 6.04 Å². The third-order valence-electron chi connectivity index (χ3n) is 2.87. The Morgan fingerprint density at radius 1 is 0.944 bits per heavy atom. The van der Waals surface area contributed by atoms with Gasteiger partial charge in [-0.3, -0.25) is 5.32 Å². The first kappa shape index (κ1) is 12.3. The second-order valence-corrected chi connectivity index (χ2v) is 4.16. The average molecular weight is 236 g/mol. The molecular formula is C16H16N2. The van der Waals surface area contributed by atoms with Crippen molar-refractivity contribution in [3.05, 3.63) is 71.8 Å². The van der Waals surface area contributed by atoms with Crippen molar-refractivity contribution in [3.63, 3.8) is 0 Å². The van der Waals surface area contributed by atoms with Crippen molar-refractivity contribution in [3.8, 4) is 6.07 Å². The van der Waals surface area contributed by atoms with Crippen LogP contribution in [0.1, 0.15) is 17.2 Å². The first-order valence-corrected chi connectivity index (χ1v) is 6.12. The predicted molar refractivity (Wildman–Crippen MR) is 72.9 cm³/mol. The van der Waals surface area contributed by atoms with E-state index in [4.69, 9.17) is 5.26 Å². The van der Waals surface area contributed by atoms with Crippen LogP contribution in [-0.2, 0) is 6.42 Å². The number of hydrogen-bond acceptors (Lipinski definition) is 2. The minimum Gasteiger partial charge on any atom is -0.298 e. The highest BCUT2D eigenvalue weighted by atomic mass is 14.9. The second kappa shape index (κ2) is 6.58. The Balaban J connectivity index is 1.88. The van der Waals surface area contributed by atoms with Crippen LogP contribution in [0.4, 0.5) is 0 Å². The highest BCUT2D eigenvalue weighted by Gasteiger charge is 2.07. The van der Waals surface area contributed by atoms with Crippen molar-refractivity contribution in [2.24, 2.45) is 0 Å². The fraction of sp³-hybridized carbons (Fsp3) is 0.188. The van der Waals surface area contributed by atoms with E-state index in [1.807, 2.05) is 48.5 Å². The first-order valence-electron chi connectivity index (χ1n) is 6.12. The summed E-state index contributed by atoms with van der Waals surface area (Å²) in [5, 5.41) is 12.4. The van der Waals surface area contributed by atoms with E-state index in [9.17, 15) is 0 Å². The summed E-state index contributed by atoms with van der Waals surface area (Å²) in [5.41, 5.74) is 2.31. The monoisotopic (exact) mass is 236 g/mol. The zero-order valence-electron chi connectivity index (χ0n) is 10.2. The molecule has 0 fully saturated rings. The van der Waals surface area contributed by atoms with E-state index in [1.54, 1.807) is 0 Å². The van der Waals surface area contributed by atoms with Gasteiger partial charge in [0, 0.05) is 6.54 Å². The fourth-order valence-corrected chi connectivity index (χ4v) is 1.89. The molecule has 2 rings (SSSR count).